The van der Waals surface area contributed by atoms with Gasteiger partial charge in [0.25, 0.3) is 5.91 Å². The standard InChI is InChI=1S/C25H27N5O2/c1-16-10-11-20(17(2)14-16)30-18(3)15-29-21-22(26-24(29)30)27(4)25(32)28(23(21)31)13-12-19-8-6-5-7-9-19/h5-11,14-15,21-22H,12-13H2,1-4H3. The number of rotatable bonds is 4. The minimum absolute atomic E-state index is 0.195. The van der Waals surface area contributed by atoms with E-state index in [0.29, 0.717) is 18.9 Å². The van der Waals surface area contributed by atoms with Crippen LogP contribution in [0.3, 0.4) is 0 Å². The number of fused-ring (bicyclic) bond motifs is 3. The number of allylic oxidation sites excluding steroid dienone is 1. The van der Waals surface area contributed by atoms with Crippen molar-refractivity contribution in [2.75, 3.05) is 18.5 Å². The molecule has 0 bridgehead atoms. The van der Waals surface area contributed by atoms with Crippen LogP contribution in [-0.2, 0) is 11.2 Å². The number of hydrogen-bond donors (Lipinski definition) is 0. The Bertz CT molecular complexity index is 1160. The normalized spacial score (nSPS) is 22.2. The van der Waals surface area contributed by atoms with Crippen LogP contribution in [0, 0.1) is 13.8 Å². The summed E-state index contributed by atoms with van der Waals surface area (Å²) < 4.78 is 0. The molecule has 0 saturated carbocycles. The van der Waals surface area contributed by atoms with Gasteiger partial charge in [-0.2, -0.15) is 0 Å². The highest BCUT2D eigenvalue weighted by atomic mass is 16.2. The Balaban J connectivity index is 1.44. The Kier molecular flexibility index (Phi) is 4.77. The number of benzene rings is 2. The van der Waals surface area contributed by atoms with E-state index in [1.165, 1.54) is 10.5 Å². The highest BCUT2D eigenvalue weighted by molar-refractivity contribution is 6.10. The van der Waals surface area contributed by atoms with Crippen molar-refractivity contribution in [2.45, 2.75) is 39.4 Å². The van der Waals surface area contributed by atoms with Crippen molar-refractivity contribution >= 4 is 23.6 Å². The minimum atomic E-state index is -0.547. The van der Waals surface area contributed by atoms with E-state index in [4.69, 9.17) is 4.99 Å². The third-order valence-corrected chi connectivity index (χ3v) is 6.45. The van der Waals surface area contributed by atoms with Crippen molar-refractivity contribution in [1.29, 1.82) is 0 Å². The lowest BCUT2D eigenvalue weighted by molar-refractivity contribution is -0.136. The number of amides is 3. The molecule has 3 heterocycles. The molecule has 1 fully saturated rings. The molecule has 2 aromatic rings. The lowest BCUT2D eigenvalue weighted by Gasteiger charge is -2.40. The van der Waals surface area contributed by atoms with Gasteiger partial charge in [0.1, 0.15) is 0 Å². The van der Waals surface area contributed by atoms with Crippen molar-refractivity contribution in [1.82, 2.24) is 14.7 Å². The zero-order valence-electron chi connectivity index (χ0n) is 18.8. The Hall–Kier alpha value is -3.61. The fourth-order valence-corrected chi connectivity index (χ4v) is 4.80. The van der Waals surface area contributed by atoms with Gasteiger partial charge in [-0.05, 0) is 44.4 Å². The van der Waals surface area contributed by atoms with E-state index in [1.807, 2.05) is 48.4 Å². The third-order valence-electron chi connectivity index (χ3n) is 6.45. The summed E-state index contributed by atoms with van der Waals surface area (Å²) in [5.74, 6) is 0.502. The van der Waals surface area contributed by atoms with E-state index in [-0.39, 0.29) is 11.9 Å². The number of carbonyl (C=O) groups excluding carboxylic acids is 2. The topological polar surface area (TPSA) is 59.5 Å². The number of anilines is 1. The van der Waals surface area contributed by atoms with Crippen molar-refractivity contribution in [3.05, 3.63) is 77.1 Å². The van der Waals surface area contributed by atoms with E-state index in [2.05, 4.69) is 36.9 Å². The largest absolute Gasteiger partial charge is 0.328 e. The van der Waals surface area contributed by atoms with Gasteiger partial charge in [-0.1, -0.05) is 48.0 Å². The monoisotopic (exact) mass is 429 g/mol. The molecule has 1 saturated heterocycles. The number of urea groups is 1. The minimum Gasteiger partial charge on any atom is -0.302 e. The molecule has 5 rings (SSSR count). The lowest BCUT2D eigenvalue weighted by atomic mass is 10.1. The first kappa shape index (κ1) is 20.3. The number of carbonyl (C=O) groups is 2. The van der Waals surface area contributed by atoms with Crippen LogP contribution in [0.4, 0.5) is 10.5 Å². The number of imide groups is 1. The number of guanidine groups is 1. The van der Waals surface area contributed by atoms with Crippen LogP contribution >= 0.6 is 0 Å². The highest BCUT2D eigenvalue weighted by Crippen LogP contribution is 2.37. The number of aliphatic imine (C=N–C) groups is 1. The van der Waals surface area contributed by atoms with E-state index >= 15 is 0 Å². The molecule has 3 amide bonds. The van der Waals surface area contributed by atoms with Crippen LogP contribution in [0.5, 0.6) is 0 Å². The maximum atomic E-state index is 13.5. The molecule has 2 aromatic carbocycles. The van der Waals surface area contributed by atoms with Gasteiger partial charge in [0.2, 0.25) is 5.96 Å². The van der Waals surface area contributed by atoms with E-state index in [9.17, 15) is 9.59 Å². The first-order chi connectivity index (χ1) is 15.4. The number of likely N-dealkylation sites (N-methyl/N-ethyl adjacent to an activating group) is 1. The van der Waals surface area contributed by atoms with Crippen LogP contribution in [0.25, 0.3) is 0 Å². The van der Waals surface area contributed by atoms with Gasteiger partial charge in [0.15, 0.2) is 12.2 Å². The summed E-state index contributed by atoms with van der Waals surface area (Å²) in [7, 11) is 1.73. The molecule has 2 atom stereocenters. The molecule has 0 spiro atoms. The average molecular weight is 430 g/mol. The van der Waals surface area contributed by atoms with Crippen LogP contribution < -0.4 is 4.90 Å². The van der Waals surface area contributed by atoms with Crippen LogP contribution in [0.15, 0.2) is 65.4 Å². The second kappa shape index (κ2) is 7.51. The molecule has 0 N–H and O–H groups in total. The SMILES string of the molecule is CC1=CN2C(=NC3C2C(=O)N(CCc2ccccc2)C(=O)N3C)N1c1ccc(C)cc1C. The Morgan fingerprint density at radius 1 is 1.00 bits per heavy atom. The Morgan fingerprint density at radius 2 is 1.75 bits per heavy atom. The van der Waals surface area contributed by atoms with Gasteiger partial charge in [0, 0.05) is 25.5 Å². The summed E-state index contributed by atoms with van der Waals surface area (Å²) in [6.45, 7) is 6.51. The zero-order valence-corrected chi connectivity index (χ0v) is 18.8. The van der Waals surface area contributed by atoms with Gasteiger partial charge in [-0.3, -0.25) is 14.6 Å². The first-order valence-electron chi connectivity index (χ1n) is 10.9. The van der Waals surface area contributed by atoms with Crippen molar-refractivity contribution < 1.29 is 9.59 Å². The maximum absolute atomic E-state index is 13.5. The number of nitrogens with zero attached hydrogens (tertiary/aromatic N) is 5. The maximum Gasteiger partial charge on any atom is 0.328 e. The van der Waals surface area contributed by atoms with Crippen LogP contribution in [0.1, 0.15) is 23.6 Å². The van der Waals surface area contributed by atoms with Crippen molar-refractivity contribution in [3.8, 4) is 0 Å². The zero-order chi connectivity index (χ0) is 22.6. The molecule has 3 aliphatic heterocycles. The van der Waals surface area contributed by atoms with Crippen molar-refractivity contribution in [2.24, 2.45) is 4.99 Å². The highest BCUT2D eigenvalue weighted by Gasteiger charge is 2.54. The smallest absolute Gasteiger partial charge is 0.302 e. The molecular formula is C25H27N5O2. The lowest BCUT2D eigenvalue weighted by Crippen LogP contribution is -2.64. The van der Waals surface area contributed by atoms with E-state index in [1.54, 1.807) is 11.9 Å². The van der Waals surface area contributed by atoms with Crippen molar-refractivity contribution in [3.63, 3.8) is 0 Å². The fraction of sp³-hybridized carbons (Fsp3) is 0.320. The second-order valence-electron chi connectivity index (χ2n) is 8.71. The molecule has 3 aliphatic rings. The summed E-state index contributed by atoms with van der Waals surface area (Å²) in [6.07, 6.45) is 2.07. The van der Waals surface area contributed by atoms with Crippen LogP contribution in [-0.4, -0.2) is 58.4 Å². The third kappa shape index (κ3) is 3.07. The summed E-state index contributed by atoms with van der Waals surface area (Å²) >= 11 is 0. The van der Waals surface area contributed by atoms with Gasteiger partial charge in [-0.25, -0.2) is 9.79 Å². The molecule has 0 radical (unpaired) electrons. The molecule has 164 valence electrons. The van der Waals surface area contributed by atoms with Gasteiger partial charge in [-0.15, -0.1) is 0 Å². The predicted molar refractivity (Wildman–Crippen MR) is 124 cm³/mol. The van der Waals surface area contributed by atoms with E-state index in [0.717, 1.165) is 22.5 Å². The Morgan fingerprint density at radius 3 is 2.47 bits per heavy atom. The average Bonchev–Trinajstić information content (AvgIpc) is 3.28. The quantitative estimate of drug-likeness (QED) is 0.747. The molecule has 7 heteroatoms. The molecule has 2 unspecified atom stereocenters. The molecule has 0 aromatic heterocycles. The second-order valence-corrected chi connectivity index (χ2v) is 8.71. The summed E-state index contributed by atoms with van der Waals surface area (Å²) in [5.41, 5.74) is 5.46. The molecular weight excluding hydrogens is 402 g/mol. The summed E-state index contributed by atoms with van der Waals surface area (Å²) in [4.78, 5) is 38.4. The molecule has 7 nitrogen and oxygen atoms in total. The molecule has 0 aliphatic carbocycles. The number of aryl methyl sites for hydroxylation is 2. The molecule has 32 heavy (non-hydrogen) atoms. The number of hydrogen-bond acceptors (Lipinski definition) is 5. The fourth-order valence-electron chi connectivity index (χ4n) is 4.80. The van der Waals surface area contributed by atoms with Crippen LogP contribution in [0.2, 0.25) is 0 Å². The van der Waals surface area contributed by atoms with Gasteiger partial charge >= 0.3 is 6.03 Å². The summed E-state index contributed by atoms with van der Waals surface area (Å²) in [5, 5.41) is 0. The van der Waals surface area contributed by atoms with Gasteiger partial charge < -0.3 is 9.80 Å². The predicted octanol–water partition coefficient (Wildman–Crippen LogP) is 3.49. The first-order valence-corrected chi connectivity index (χ1v) is 10.9. The summed E-state index contributed by atoms with van der Waals surface area (Å²) in [6, 6.07) is 15.4. The van der Waals surface area contributed by atoms with E-state index < -0.39 is 12.2 Å². The van der Waals surface area contributed by atoms with Gasteiger partial charge in [0.05, 0.1) is 5.69 Å². The Labute approximate surface area is 188 Å².